The van der Waals surface area contributed by atoms with E-state index in [1.165, 1.54) is 4.90 Å². The van der Waals surface area contributed by atoms with E-state index in [0.717, 1.165) is 25.7 Å². The molecule has 0 N–H and O–H groups in total. The van der Waals surface area contributed by atoms with E-state index in [0.29, 0.717) is 10.7 Å². The summed E-state index contributed by atoms with van der Waals surface area (Å²) in [4.78, 5) is 12.7. The van der Waals surface area contributed by atoms with Crippen molar-refractivity contribution in [1.29, 1.82) is 0 Å². The molecule has 0 fully saturated rings. The molecule has 0 aliphatic heterocycles. The Labute approximate surface area is 113 Å². The fraction of sp³-hybridized carbons (Fsp3) is 0.500. The zero-order valence-electron chi connectivity index (χ0n) is 10.9. The third-order valence-corrected chi connectivity index (χ3v) is 3.13. The second-order valence-corrected chi connectivity index (χ2v) is 4.78. The molecule has 0 bridgehead atoms. The molecule has 0 aliphatic carbocycles. The average Bonchev–Trinajstić information content (AvgIpc) is 2.29. The van der Waals surface area contributed by atoms with Gasteiger partial charge in [0.25, 0.3) is 0 Å². The highest BCUT2D eigenvalue weighted by molar-refractivity contribution is 6.30. The van der Waals surface area contributed by atoms with Crippen molar-refractivity contribution >= 4 is 23.4 Å². The molecular weight excluding hydrogens is 250 g/mol. The average molecular weight is 269 g/mol. The van der Waals surface area contributed by atoms with Crippen LogP contribution in [0, 0.1) is 0 Å². The highest BCUT2D eigenvalue weighted by Crippen LogP contribution is 2.24. The van der Waals surface area contributed by atoms with E-state index in [2.05, 4.69) is 0 Å². The van der Waals surface area contributed by atoms with Crippen LogP contribution in [0.4, 0.5) is 10.5 Å². The molecular formula is C14H19ClNO2-. The van der Waals surface area contributed by atoms with E-state index in [1.807, 2.05) is 13.8 Å². The molecule has 0 aromatic heterocycles. The number of amides is 1. The van der Waals surface area contributed by atoms with Crippen LogP contribution in [0.3, 0.4) is 0 Å². The zero-order valence-corrected chi connectivity index (χ0v) is 11.6. The molecule has 0 heterocycles. The first-order valence-electron chi connectivity index (χ1n) is 6.35. The van der Waals surface area contributed by atoms with E-state index in [-0.39, 0.29) is 6.04 Å². The quantitative estimate of drug-likeness (QED) is 0.793. The van der Waals surface area contributed by atoms with Crippen LogP contribution in [-0.2, 0) is 0 Å². The Morgan fingerprint density at radius 2 is 1.94 bits per heavy atom. The highest BCUT2D eigenvalue weighted by atomic mass is 35.5. The summed E-state index contributed by atoms with van der Waals surface area (Å²) in [6, 6.07) is 6.86. The van der Waals surface area contributed by atoms with Crippen LogP contribution in [0.15, 0.2) is 24.3 Å². The first-order chi connectivity index (χ1) is 8.60. The van der Waals surface area contributed by atoms with Crippen LogP contribution in [0.1, 0.15) is 39.5 Å². The Kier molecular flexibility index (Phi) is 5.99. The maximum absolute atomic E-state index is 11.4. The van der Waals surface area contributed by atoms with Crippen LogP contribution in [0.5, 0.6) is 0 Å². The van der Waals surface area contributed by atoms with Crippen LogP contribution in [0.2, 0.25) is 5.02 Å². The summed E-state index contributed by atoms with van der Waals surface area (Å²) in [5.41, 5.74) is 0.592. The predicted molar refractivity (Wildman–Crippen MR) is 72.9 cm³/mol. The standard InChI is InChI=1S/C14H20ClNO2/c1-3-6-12(7-4-2)16(14(17)18)13-9-5-8-11(15)10-13/h5,8-10,12H,3-4,6-7H2,1-2H3,(H,17,18)/p-1. The van der Waals surface area contributed by atoms with Crippen LogP contribution in [-0.4, -0.2) is 12.1 Å². The number of halogens is 1. The van der Waals surface area contributed by atoms with Gasteiger partial charge in [-0.3, -0.25) is 0 Å². The Bertz CT molecular complexity index is 389. The Morgan fingerprint density at radius 1 is 1.33 bits per heavy atom. The van der Waals surface area contributed by atoms with Crippen LogP contribution >= 0.6 is 11.6 Å². The number of anilines is 1. The molecule has 4 heteroatoms. The minimum atomic E-state index is -1.16. The Hall–Kier alpha value is -1.22. The molecule has 0 spiro atoms. The first kappa shape index (κ1) is 14.8. The summed E-state index contributed by atoms with van der Waals surface area (Å²) < 4.78 is 0. The van der Waals surface area contributed by atoms with Gasteiger partial charge in [-0.05, 0) is 31.0 Å². The van der Waals surface area contributed by atoms with E-state index < -0.39 is 6.09 Å². The number of hydrogen-bond donors (Lipinski definition) is 0. The maximum Gasteiger partial charge on any atom is 0.141 e. The molecule has 0 saturated heterocycles. The normalized spacial score (nSPS) is 10.7. The van der Waals surface area contributed by atoms with Gasteiger partial charge in [0.05, 0.1) is 0 Å². The van der Waals surface area contributed by atoms with Crippen molar-refractivity contribution in [3.05, 3.63) is 29.3 Å². The molecule has 1 rings (SSSR count). The summed E-state index contributed by atoms with van der Waals surface area (Å²) in [6.07, 6.45) is 2.37. The summed E-state index contributed by atoms with van der Waals surface area (Å²) in [7, 11) is 0. The lowest BCUT2D eigenvalue weighted by molar-refractivity contribution is -0.247. The maximum atomic E-state index is 11.4. The van der Waals surface area contributed by atoms with Gasteiger partial charge in [-0.15, -0.1) is 0 Å². The van der Waals surface area contributed by atoms with E-state index in [1.54, 1.807) is 24.3 Å². The first-order valence-corrected chi connectivity index (χ1v) is 6.73. The van der Waals surface area contributed by atoms with Crippen LogP contribution in [0.25, 0.3) is 0 Å². The number of benzene rings is 1. The molecule has 1 aromatic carbocycles. The van der Waals surface area contributed by atoms with Gasteiger partial charge in [0.15, 0.2) is 0 Å². The molecule has 1 amide bonds. The number of carbonyl (C=O) groups excluding carboxylic acids is 1. The van der Waals surface area contributed by atoms with Gasteiger partial charge in [-0.25, -0.2) is 0 Å². The minimum absolute atomic E-state index is 0.0385. The topological polar surface area (TPSA) is 43.4 Å². The third kappa shape index (κ3) is 3.91. The Balaban J connectivity index is 3.03. The lowest BCUT2D eigenvalue weighted by atomic mass is 10.0. The van der Waals surface area contributed by atoms with Gasteiger partial charge in [-0.2, -0.15) is 0 Å². The summed E-state index contributed by atoms with van der Waals surface area (Å²) in [6.45, 7) is 4.10. The highest BCUT2D eigenvalue weighted by Gasteiger charge is 2.18. The number of carbonyl (C=O) groups is 1. The second-order valence-electron chi connectivity index (χ2n) is 4.35. The predicted octanol–water partition coefficient (Wildman–Crippen LogP) is 3.46. The van der Waals surface area contributed by atoms with Gasteiger partial charge < -0.3 is 14.8 Å². The van der Waals surface area contributed by atoms with Gasteiger partial charge in [-0.1, -0.05) is 44.4 Å². The SMILES string of the molecule is CCCC(CCC)N(C(=O)[O-])c1cccc(Cl)c1. The van der Waals surface area contributed by atoms with Gasteiger partial charge >= 0.3 is 0 Å². The fourth-order valence-corrected chi connectivity index (χ4v) is 2.34. The van der Waals surface area contributed by atoms with Crippen molar-refractivity contribution in [3.8, 4) is 0 Å². The fourth-order valence-electron chi connectivity index (χ4n) is 2.16. The molecule has 100 valence electrons. The van der Waals surface area contributed by atoms with Crippen molar-refractivity contribution in [1.82, 2.24) is 0 Å². The van der Waals surface area contributed by atoms with Crippen molar-refractivity contribution in [3.63, 3.8) is 0 Å². The van der Waals surface area contributed by atoms with Crippen molar-refractivity contribution in [2.24, 2.45) is 0 Å². The zero-order chi connectivity index (χ0) is 13.5. The third-order valence-electron chi connectivity index (χ3n) is 2.89. The van der Waals surface area contributed by atoms with E-state index in [9.17, 15) is 9.90 Å². The number of nitrogens with zero attached hydrogens (tertiary/aromatic N) is 1. The molecule has 0 saturated carbocycles. The summed E-state index contributed by atoms with van der Waals surface area (Å²) >= 11 is 5.91. The molecule has 3 nitrogen and oxygen atoms in total. The minimum Gasteiger partial charge on any atom is -0.530 e. The molecule has 0 unspecified atom stereocenters. The number of hydrogen-bond acceptors (Lipinski definition) is 2. The second kappa shape index (κ2) is 7.27. The van der Waals surface area contributed by atoms with Crippen molar-refractivity contribution in [2.75, 3.05) is 4.90 Å². The monoisotopic (exact) mass is 268 g/mol. The lowest BCUT2D eigenvalue weighted by Crippen LogP contribution is -2.47. The van der Waals surface area contributed by atoms with Gasteiger partial charge in [0, 0.05) is 16.8 Å². The molecule has 0 aliphatic rings. The van der Waals surface area contributed by atoms with Crippen molar-refractivity contribution in [2.45, 2.75) is 45.6 Å². The Morgan fingerprint density at radius 3 is 2.39 bits per heavy atom. The van der Waals surface area contributed by atoms with Gasteiger partial charge in [0.2, 0.25) is 0 Å². The van der Waals surface area contributed by atoms with Crippen LogP contribution < -0.4 is 10.0 Å². The smallest absolute Gasteiger partial charge is 0.141 e. The largest absolute Gasteiger partial charge is 0.530 e. The number of rotatable bonds is 6. The summed E-state index contributed by atoms with van der Waals surface area (Å²) in [5.74, 6) is 0. The van der Waals surface area contributed by atoms with E-state index >= 15 is 0 Å². The molecule has 1 aromatic rings. The van der Waals surface area contributed by atoms with Gasteiger partial charge in [0.1, 0.15) is 6.09 Å². The number of carboxylic acid groups (broad SMARTS) is 1. The van der Waals surface area contributed by atoms with Crippen molar-refractivity contribution < 1.29 is 9.90 Å². The lowest BCUT2D eigenvalue weighted by Gasteiger charge is -2.34. The molecule has 18 heavy (non-hydrogen) atoms. The summed E-state index contributed by atoms with van der Waals surface area (Å²) in [5, 5.41) is 11.9. The van der Waals surface area contributed by atoms with E-state index in [4.69, 9.17) is 11.6 Å². The molecule has 0 atom stereocenters. The molecule has 0 radical (unpaired) electrons.